The monoisotopic (exact) mass is 730 g/mol. The Morgan fingerprint density at radius 3 is 2.47 bits per heavy atom. The summed E-state index contributed by atoms with van der Waals surface area (Å²) in [4.78, 5) is 63.9. The Hall–Kier alpha value is -3.76. The lowest BCUT2D eigenvalue weighted by Crippen LogP contribution is -2.70. The molecule has 9 atom stereocenters. The summed E-state index contributed by atoms with van der Waals surface area (Å²) in [6.07, 6.45) is 0.830. The number of rotatable bonds is 10. The van der Waals surface area contributed by atoms with E-state index in [9.17, 15) is 29.1 Å². The molecule has 1 aromatic heterocycles. The van der Waals surface area contributed by atoms with Crippen molar-refractivity contribution in [3.8, 4) is 11.8 Å². The predicted molar refractivity (Wildman–Crippen MR) is 181 cm³/mol. The summed E-state index contributed by atoms with van der Waals surface area (Å²) in [5.41, 5.74) is -7.25. The van der Waals surface area contributed by atoms with Gasteiger partial charge in [0.15, 0.2) is 23.7 Å². The van der Waals surface area contributed by atoms with Crippen LogP contribution < -0.4 is 0 Å². The quantitative estimate of drug-likeness (QED) is 0.184. The zero-order chi connectivity index (χ0) is 37.4. The molecule has 0 aromatic carbocycles. The molecule has 4 aliphatic carbocycles. The first-order valence-electron chi connectivity index (χ1n) is 17.2. The van der Waals surface area contributed by atoms with Gasteiger partial charge >= 0.3 is 17.9 Å². The minimum atomic E-state index is -2.38. The van der Waals surface area contributed by atoms with Crippen LogP contribution in [0.3, 0.4) is 0 Å². The Kier molecular flexibility index (Phi) is 11.1. The van der Waals surface area contributed by atoms with Crippen LogP contribution in [0.1, 0.15) is 77.3 Å². The summed E-state index contributed by atoms with van der Waals surface area (Å²) in [7, 11) is 0. The third-order valence-electron chi connectivity index (χ3n) is 11.3. The minimum absolute atomic E-state index is 0.0158. The fourth-order valence-electron chi connectivity index (χ4n) is 8.84. The number of aliphatic hydroxyl groups is 1. The summed E-state index contributed by atoms with van der Waals surface area (Å²) in [5, 5.41) is 11.2. The highest BCUT2D eigenvalue weighted by molar-refractivity contribution is 8.14. The summed E-state index contributed by atoms with van der Waals surface area (Å²) < 4.78 is 55.2. The van der Waals surface area contributed by atoms with E-state index in [1.807, 2.05) is 13.8 Å². The molecular formula is C38H44F2O10S. The molecule has 1 aromatic rings. The number of aliphatic hydroxyl groups excluding tert-OH is 1. The highest BCUT2D eigenvalue weighted by atomic mass is 32.2. The van der Waals surface area contributed by atoms with Crippen molar-refractivity contribution in [1.29, 1.82) is 0 Å². The third kappa shape index (κ3) is 6.70. The van der Waals surface area contributed by atoms with Crippen molar-refractivity contribution < 1.29 is 56.5 Å². The van der Waals surface area contributed by atoms with Crippen LogP contribution in [0.2, 0.25) is 0 Å². The van der Waals surface area contributed by atoms with Crippen LogP contribution in [-0.4, -0.2) is 76.4 Å². The number of allylic oxidation sites excluding steroid dienone is 4. The molecule has 10 nitrogen and oxygen atoms in total. The van der Waals surface area contributed by atoms with Crippen molar-refractivity contribution in [3.05, 3.63) is 48.0 Å². The van der Waals surface area contributed by atoms with Gasteiger partial charge in [-0.05, 0) is 67.9 Å². The number of fused-ring (bicyclic) bond motifs is 5. The average molecular weight is 731 g/mol. The molecule has 1 heterocycles. The topological polar surface area (TPSA) is 146 Å². The molecule has 0 spiro atoms. The average Bonchev–Trinajstić information content (AvgIpc) is 3.69. The van der Waals surface area contributed by atoms with Crippen LogP contribution in [0.25, 0.3) is 0 Å². The number of ether oxygens (including phenoxy) is 3. The first-order chi connectivity index (χ1) is 24.0. The number of ketones is 1. The molecule has 13 heteroatoms. The van der Waals surface area contributed by atoms with Crippen molar-refractivity contribution in [3.63, 3.8) is 0 Å². The SMILES string of the molecule is CC(C)COC(=O)CCC(=O)OCC#CCSC(=O)[C@@]1(OC(=O)c2ccco2)[C@H](C)C[C@H]2[C@@H]3C[C@H](F)C4=CC(=O)C=C[C@]4(C)[C@@]3(F)[C@@H](O)C[C@@]21C. The van der Waals surface area contributed by atoms with Crippen LogP contribution in [0.4, 0.5) is 8.78 Å². The van der Waals surface area contributed by atoms with Crippen LogP contribution in [-0.2, 0) is 33.4 Å². The number of halogens is 2. The van der Waals surface area contributed by atoms with Gasteiger partial charge in [-0.2, -0.15) is 0 Å². The maximum Gasteiger partial charge on any atom is 0.375 e. The largest absolute Gasteiger partial charge is 0.465 e. The predicted octanol–water partition coefficient (Wildman–Crippen LogP) is 5.53. The zero-order valence-corrected chi connectivity index (χ0v) is 30.2. The van der Waals surface area contributed by atoms with Crippen molar-refractivity contribution in [1.82, 2.24) is 0 Å². The Morgan fingerprint density at radius 2 is 1.80 bits per heavy atom. The van der Waals surface area contributed by atoms with Crippen molar-refractivity contribution >= 4 is 40.6 Å². The first-order valence-corrected chi connectivity index (χ1v) is 18.2. The van der Waals surface area contributed by atoms with Gasteiger partial charge in [0.05, 0.1) is 37.6 Å². The number of alkyl halides is 2. The number of carbonyl (C=O) groups excluding carboxylic acids is 5. The van der Waals surface area contributed by atoms with Crippen molar-refractivity contribution in [2.24, 2.45) is 34.5 Å². The van der Waals surface area contributed by atoms with E-state index >= 15 is 8.78 Å². The van der Waals surface area contributed by atoms with Gasteiger partial charge in [-0.1, -0.05) is 57.4 Å². The molecule has 51 heavy (non-hydrogen) atoms. The van der Waals surface area contributed by atoms with E-state index in [4.69, 9.17) is 18.6 Å². The van der Waals surface area contributed by atoms with E-state index in [-0.39, 0.29) is 68.3 Å². The fraction of sp³-hybridized carbons (Fsp3) is 0.605. The van der Waals surface area contributed by atoms with Gasteiger partial charge in [-0.15, -0.1) is 0 Å². The maximum atomic E-state index is 17.7. The number of hydrogen-bond donors (Lipinski definition) is 1. The van der Waals surface area contributed by atoms with Gasteiger partial charge in [0, 0.05) is 22.7 Å². The molecular weight excluding hydrogens is 686 g/mol. The Morgan fingerprint density at radius 1 is 1.10 bits per heavy atom. The highest BCUT2D eigenvalue weighted by Crippen LogP contribution is 2.72. The van der Waals surface area contributed by atoms with Gasteiger partial charge < -0.3 is 23.7 Å². The van der Waals surface area contributed by atoms with Crippen LogP contribution >= 0.6 is 11.8 Å². The van der Waals surface area contributed by atoms with E-state index < -0.39 is 80.9 Å². The number of furan rings is 1. The Labute approximate surface area is 300 Å². The highest BCUT2D eigenvalue weighted by Gasteiger charge is 2.78. The molecule has 4 aliphatic rings. The second-order valence-corrected chi connectivity index (χ2v) is 15.7. The lowest BCUT2D eigenvalue weighted by Gasteiger charge is -2.63. The second kappa shape index (κ2) is 14.7. The first kappa shape index (κ1) is 38.5. The summed E-state index contributed by atoms with van der Waals surface area (Å²) in [6, 6.07) is 2.87. The van der Waals surface area contributed by atoms with Crippen molar-refractivity contribution in [2.75, 3.05) is 19.0 Å². The van der Waals surface area contributed by atoms with Crippen LogP contribution in [0.5, 0.6) is 0 Å². The van der Waals surface area contributed by atoms with Gasteiger partial charge in [0.25, 0.3) is 0 Å². The molecule has 1 N–H and O–H groups in total. The molecule has 276 valence electrons. The van der Waals surface area contributed by atoms with Crippen molar-refractivity contribution in [2.45, 2.75) is 90.3 Å². The smallest absolute Gasteiger partial charge is 0.375 e. The zero-order valence-electron chi connectivity index (χ0n) is 29.4. The Bertz CT molecular complexity index is 1680. The summed E-state index contributed by atoms with van der Waals surface area (Å²) >= 11 is 0.769. The van der Waals surface area contributed by atoms with E-state index in [0.29, 0.717) is 0 Å². The summed E-state index contributed by atoms with van der Waals surface area (Å²) in [6.45, 7) is 8.66. The number of hydrogen-bond acceptors (Lipinski definition) is 11. The van der Waals surface area contributed by atoms with E-state index in [1.165, 1.54) is 37.5 Å². The van der Waals surface area contributed by atoms with Gasteiger partial charge in [-0.25, -0.2) is 13.6 Å². The van der Waals surface area contributed by atoms with Gasteiger partial charge in [0.1, 0.15) is 6.17 Å². The lowest BCUT2D eigenvalue weighted by atomic mass is 9.44. The standard InChI is InChI=1S/C38H44F2O10S/c1-22(2)21-49-32(44)11-10-31(43)48-14-6-7-16-51-34(46)38(50-33(45)29-9-8-15-47-29)23(3)17-25-26-19-28(39)27-18-24(41)12-13-35(27,4)37(26,40)30(42)20-36(25,38)5/h8-9,12-13,15,18,22-23,25-26,28,30,42H,10-11,14,16-17,19-21H2,1-5H3/t23-,25+,26+,28+,30+,35+,36+,37+,38+/m1/s1. The lowest BCUT2D eigenvalue weighted by molar-refractivity contribution is -0.221. The summed E-state index contributed by atoms with van der Waals surface area (Å²) in [5.74, 6) is 0.360. The molecule has 5 rings (SSSR count). The Balaban J connectivity index is 1.35. The van der Waals surface area contributed by atoms with E-state index in [1.54, 1.807) is 13.8 Å². The van der Waals surface area contributed by atoms with E-state index in [2.05, 4.69) is 11.8 Å². The molecule has 0 bridgehead atoms. The normalized spacial score (nSPS) is 35.0. The molecule has 0 amide bonds. The van der Waals surface area contributed by atoms with Crippen LogP contribution in [0, 0.1) is 46.3 Å². The molecule has 3 saturated carbocycles. The van der Waals surface area contributed by atoms with E-state index in [0.717, 1.165) is 17.8 Å². The minimum Gasteiger partial charge on any atom is -0.465 e. The number of thioether (sulfide) groups is 1. The molecule has 0 aliphatic heterocycles. The molecule has 3 fully saturated rings. The molecule has 0 saturated heterocycles. The number of carbonyl (C=O) groups is 5. The van der Waals surface area contributed by atoms with Crippen LogP contribution in [0.15, 0.2) is 46.6 Å². The van der Waals surface area contributed by atoms with Gasteiger partial charge in [-0.3, -0.25) is 19.2 Å². The maximum absolute atomic E-state index is 17.7. The molecule has 0 unspecified atom stereocenters. The number of esters is 3. The third-order valence-corrected chi connectivity index (χ3v) is 12.1. The molecule has 0 radical (unpaired) electrons. The fourth-order valence-corrected chi connectivity index (χ4v) is 9.84. The van der Waals surface area contributed by atoms with Gasteiger partial charge in [0.2, 0.25) is 10.9 Å². The second-order valence-electron chi connectivity index (χ2n) is 14.8.